The van der Waals surface area contributed by atoms with Crippen molar-refractivity contribution in [1.29, 1.82) is 0 Å². The van der Waals surface area contributed by atoms with Crippen LogP contribution in [0.5, 0.6) is 0 Å². The third kappa shape index (κ3) is 3.80. The Morgan fingerprint density at radius 1 is 1.10 bits per heavy atom. The first-order valence-corrected chi connectivity index (χ1v) is 9.76. The fourth-order valence-corrected chi connectivity index (χ4v) is 3.34. The number of rotatable bonds is 6. The largest absolute Gasteiger partial charge is 0.478 e. The molecule has 6 nitrogen and oxygen atoms in total. The molecule has 0 unspecified atom stereocenters. The summed E-state index contributed by atoms with van der Waals surface area (Å²) in [5.41, 5.74) is 5.56. The number of hydrogen-bond donors (Lipinski definition) is 2. The highest BCUT2D eigenvalue weighted by Gasteiger charge is 2.16. The molecule has 2 heterocycles. The van der Waals surface area contributed by atoms with E-state index in [0.717, 1.165) is 28.9 Å². The molecule has 4 aromatic rings. The molecule has 0 bridgehead atoms. The van der Waals surface area contributed by atoms with Crippen LogP contribution in [0.4, 0.5) is 11.5 Å². The van der Waals surface area contributed by atoms with Crippen LogP contribution < -0.4 is 5.32 Å². The lowest BCUT2D eigenvalue weighted by Crippen LogP contribution is -2.07. The van der Waals surface area contributed by atoms with Crippen molar-refractivity contribution in [3.8, 4) is 16.9 Å². The van der Waals surface area contributed by atoms with E-state index in [1.54, 1.807) is 41.3 Å². The van der Waals surface area contributed by atoms with Crippen LogP contribution in [0, 0.1) is 6.92 Å². The number of carboxylic acid groups (broad SMARTS) is 1. The van der Waals surface area contributed by atoms with Gasteiger partial charge < -0.3 is 10.4 Å². The lowest BCUT2D eigenvalue weighted by molar-refractivity contribution is 0.0698. The van der Waals surface area contributed by atoms with E-state index in [1.165, 1.54) is 5.56 Å². The van der Waals surface area contributed by atoms with Crippen LogP contribution in [-0.4, -0.2) is 25.8 Å². The molecule has 6 heteroatoms. The minimum atomic E-state index is -0.988. The predicted molar refractivity (Wildman–Crippen MR) is 118 cm³/mol. The Labute approximate surface area is 174 Å². The van der Waals surface area contributed by atoms with E-state index < -0.39 is 5.97 Å². The van der Waals surface area contributed by atoms with E-state index in [4.69, 9.17) is 5.10 Å². The molecule has 0 fully saturated rings. The maximum Gasteiger partial charge on any atom is 0.337 e. The van der Waals surface area contributed by atoms with Crippen molar-refractivity contribution in [2.24, 2.45) is 0 Å². The molecule has 0 aliphatic rings. The lowest BCUT2D eigenvalue weighted by Gasteiger charge is -2.12. The summed E-state index contributed by atoms with van der Waals surface area (Å²) < 4.78 is 1.77. The smallest absolute Gasteiger partial charge is 0.337 e. The summed E-state index contributed by atoms with van der Waals surface area (Å²) in [5.74, 6) is -0.325. The Morgan fingerprint density at radius 3 is 2.70 bits per heavy atom. The number of pyridine rings is 1. The summed E-state index contributed by atoms with van der Waals surface area (Å²) >= 11 is 0. The molecule has 0 atom stereocenters. The van der Waals surface area contributed by atoms with Crippen molar-refractivity contribution in [3.05, 3.63) is 89.7 Å². The quantitative estimate of drug-likeness (QED) is 0.464. The van der Waals surface area contributed by atoms with E-state index in [-0.39, 0.29) is 5.56 Å². The third-order valence-electron chi connectivity index (χ3n) is 5.00. The maximum atomic E-state index is 11.6. The van der Waals surface area contributed by atoms with Crippen LogP contribution in [0.15, 0.2) is 73.1 Å². The number of aromatic nitrogens is 3. The molecule has 150 valence electrons. The molecule has 30 heavy (non-hydrogen) atoms. The highest BCUT2D eigenvalue weighted by atomic mass is 16.4. The number of nitrogens with one attached hydrogen (secondary N) is 1. The first-order chi connectivity index (χ1) is 14.6. The molecule has 0 aliphatic heterocycles. The average molecular weight is 398 g/mol. The molecule has 0 saturated heterocycles. The Kier molecular flexibility index (Phi) is 5.30. The zero-order chi connectivity index (χ0) is 21.1. The van der Waals surface area contributed by atoms with Crippen molar-refractivity contribution < 1.29 is 9.90 Å². The second kappa shape index (κ2) is 8.21. The number of aromatic carboxylic acids is 1. The number of nitrogens with zero attached hydrogens (tertiary/aromatic N) is 3. The van der Waals surface area contributed by atoms with Crippen LogP contribution in [0.1, 0.15) is 28.4 Å². The van der Waals surface area contributed by atoms with Gasteiger partial charge in [0.05, 0.1) is 28.8 Å². The monoisotopic (exact) mass is 398 g/mol. The van der Waals surface area contributed by atoms with Crippen molar-refractivity contribution in [2.45, 2.75) is 20.3 Å². The Balaban J connectivity index is 1.85. The summed E-state index contributed by atoms with van der Waals surface area (Å²) in [5, 5.41) is 17.6. The minimum Gasteiger partial charge on any atom is -0.478 e. The van der Waals surface area contributed by atoms with Gasteiger partial charge in [0.15, 0.2) is 0 Å². The van der Waals surface area contributed by atoms with Crippen LogP contribution in [0.25, 0.3) is 16.9 Å². The number of hydrogen-bond acceptors (Lipinski definition) is 4. The summed E-state index contributed by atoms with van der Waals surface area (Å²) in [4.78, 5) is 15.9. The molecule has 2 aromatic carbocycles. The van der Waals surface area contributed by atoms with E-state index in [0.29, 0.717) is 11.5 Å². The van der Waals surface area contributed by atoms with E-state index in [2.05, 4.69) is 29.4 Å². The van der Waals surface area contributed by atoms with Crippen LogP contribution in [0.2, 0.25) is 0 Å². The Hall–Kier alpha value is -3.93. The number of para-hydroxylation sites is 1. The van der Waals surface area contributed by atoms with Gasteiger partial charge in [0, 0.05) is 17.8 Å². The zero-order valence-corrected chi connectivity index (χ0v) is 16.8. The maximum absolute atomic E-state index is 11.6. The SMILES string of the molecule is CCc1cccc(-c2cc(Nc3ccccc3C(=O)O)n(-c3cnccc3C)n2)c1. The minimum absolute atomic E-state index is 0.197. The molecule has 0 radical (unpaired) electrons. The van der Waals surface area contributed by atoms with E-state index >= 15 is 0 Å². The molecular weight excluding hydrogens is 376 g/mol. The first kappa shape index (κ1) is 19.4. The van der Waals surface area contributed by atoms with Gasteiger partial charge in [-0.1, -0.05) is 37.3 Å². The number of aryl methyl sites for hydroxylation is 2. The third-order valence-corrected chi connectivity index (χ3v) is 5.00. The Bertz CT molecular complexity index is 1210. The van der Waals surface area contributed by atoms with Gasteiger partial charge in [-0.25, -0.2) is 9.48 Å². The van der Waals surface area contributed by atoms with Crippen molar-refractivity contribution in [1.82, 2.24) is 14.8 Å². The molecule has 2 N–H and O–H groups in total. The Morgan fingerprint density at radius 2 is 1.93 bits per heavy atom. The van der Waals surface area contributed by atoms with Crippen molar-refractivity contribution in [2.75, 3.05) is 5.32 Å². The standard InChI is InChI=1S/C24H22N4O2/c1-3-17-7-6-8-18(13-17)21-14-23(26-20-10-5-4-9-19(20)24(29)30)28(27-21)22-15-25-12-11-16(22)2/h4-15,26H,3H2,1-2H3,(H,29,30). The van der Waals surface area contributed by atoms with Gasteiger partial charge in [0.1, 0.15) is 5.82 Å². The summed E-state index contributed by atoms with van der Waals surface area (Å²) in [6.07, 6.45) is 4.43. The summed E-state index contributed by atoms with van der Waals surface area (Å²) in [6, 6.07) is 18.9. The summed E-state index contributed by atoms with van der Waals surface area (Å²) in [6.45, 7) is 4.11. The molecule has 2 aromatic heterocycles. The highest BCUT2D eigenvalue weighted by Crippen LogP contribution is 2.29. The van der Waals surface area contributed by atoms with E-state index in [1.807, 2.05) is 31.2 Å². The van der Waals surface area contributed by atoms with Crippen molar-refractivity contribution >= 4 is 17.5 Å². The van der Waals surface area contributed by atoms with Gasteiger partial charge in [-0.15, -0.1) is 0 Å². The van der Waals surface area contributed by atoms with Crippen LogP contribution in [-0.2, 0) is 6.42 Å². The molecular formula is C24H22N4O2. The van der Waals surface area contributed by atoms with Gasteiger partial charge in [0.2, 0.25) is 0 Å². The first-order valence-electron chi connectivity index (χ1n) is 9.76. The number of carbonyl (C=O) groups is 1. The van der Waals surface area contributed by atoms with Gasteiger partial charge in [0.25, 0.3) is 0 Å². The predicted octanol–water partition coefficient (Wildman–Crippen LogP) is 5.25. The number of anilines is 2. The van der Waals surface area contributed by atoms with Gasteiger partial charge in [-0.2, -0.15) is 5.10 Å². The summed E-state index contributed by atoms with van der Waals surface area (Å²) in [7, 11) is 0. The fraction of sp³-hybridized carbons (Fsp3) is 0.125. The fourth-order valence-electron chi connectivity index (χ4n) is 3.34. The van der Waals surface area contributed by atoms with E-state index in [9.17, 15) is 9.90 Å². The lowest BCUT2D eigenvalue weighted by atomic mass is 10.1. The zero-order valence-electron chi connectivity index (χ0n) is 16.8. The molecule has 0 amide bonds. The normalized spacial score (nSPS) is 10.7. The number of benzene rings is 2. The van der Waals surface area contributed by atoms with Crippen LogP contribution >= 0.6 is 0 Å². The van der Waals surface area contributed by atoms with Crippen molar-refractivity contribution in [3.63, 3.8) is 0 Å². The molecule has 0 saturated carbocycles. The number of carboxylic acids is 1. The topological polar surface area (TPSA) is 80.0 Å². The van der Waals surface area contributed by atoms with Crippen LogP contribution in [0.3, 0.4) is 0 Å². The highest BCUT2D eigenvalue weighted by molar-refractivity contribution is 5.95. The van der Waals surface area contributed by atoms with Gasteiger partial charge in [-0.3, -0.25) is 4.98 Å². The molecule has 0 aliphatic carbocycles. The van der Waals surface area contributed by atoms with Gasteiger partial charge in [-0.05, 0) is 48.7 Å². The molecule has 0 spiro atoms. The second-order valence-corrected chi connectivity index (χ2v) is 7.02. The molecule has 4 rings (SSSR count). The van der Waals surface area contributed by atoms with Gasteiger partial charge >= 0.3 is 5.97 Å². The average Bonchev–Trinajstić information content (AvgIpc) is 3.18. The second-order valence-electron chi connectivity index (χ2n) is 7.02.